The third-order valence-electron chi connectivity index (χ3n) is 6.32. The number of esters is 1. The lowest BCUT2D eigenvalue weighted by Crippen LogP contribution is -2.47. The van der Waals surface area contributed by atoms with Gasteiger partial charge in [0, 0.05) is 25.2 Å². The zero-order valence-electron chi connectivity index (χ0n) is 17.2. The number of aliphatic hydroxyl groups excluding tert-OH is 1. The quantitative estimate of drug-likeness (QED) is 0.574. The van der Waals surface area contributed by atoms with Gasteiger partial charge in [-0.05, 0) is 51.4 Å². The summed E-state index contributed by atoms with van der Waals surface area (Å²) in [5.74, 6) is 0.0225. The lowest BCUT2D eigenvalue weighted by molar-refractivity contribution is -0.164. The van der Waals surface area contributed by atoms with Crippen LogP contribution in [0.2, 0.25) is 0 Å². The van der Waals surface area contributed by atoms with Crippen LogP contribution in [0.4, 0.5) is 0 Å². The van der Waals surface area contributed by atoms with Crippen molar-refractivity contribution < 1.29 is 19.7 Å². The third kappa shape index (κ3) is 4.77. The summed E-state index contributed by atoms with van der Waals surface area (Å²) in [5, 5.41) is 21.9. The Labute approximate surface area is 158 Å². The van der Waals surface area contributed by atoms with E-state index < -0.39 is 17.3 Å². The Hall–Kier alpha value is -1.13. The zero-order valence-corrected chi connectivity index (χ0v) is 17.2. The summed E-state index contributed by atoms with van der Waals surface area (Å²) < 4.78 is 5.64. The summed E-state index contributed by atoms with van der Waals surface area (Å²) >= 11 is 0. The van der Waals surface area contributed by atoms with Gasteiger partial charge in [-0.1, -0.05) is 38.2 Å². The van der Waals surface area contributed by atoms with Gasteiger partial charge in [0.15, 0.2) is 0 Å². The average molecular weight is 365 g/mol. The highest BCUT2D eigenvalue weighted by molar-refractivity contribution is 5.66. The molecule has 0 saturated heterocycles. The molecule has 26 heavy (non-hydrogen) atoms. The van der Waals surface area contributed by atoms with Crippen molar-refractivity contribution >= 4 is 5.97 Å². The van der Waals surface area contributed by atoms with Crippen molar-refractivity contribution in [2.24, 2.45) is 23.2 Å². The Bertz CT molecular complexity index is 575. The normalized spacial score (nSPS) is 41.4. The summed E-state index contributed by atoms with van der Waals surface area (Å²) in [4.78, 5) is 11.6. The number of fused-ring (bicyclic) bond motifs is 1. The van der Waals surface area contributed by atoms with Gasteiger partial charge in [-0.25, -0.2) is 0 Å². The van der Waals surface area contributed by atoms with Crippen LogP contribution in [0.3, 0.4) is 0 Å². The number of carbonyl (C=O) groups excluding carboxylic acids is 1. The maximum absolute atomic E-state index is 11.6. The molecule has 0 aromatic rings. The smallest absolute Gasteiger partial charge is 0.303 e. The Kier molecular flexibility index (Phi) is 6.09. The Morgan fingerprint density at radius 2 is 1.92 bits per heavy atom. The van der Waals surface area contributed by atoms with Crippen LogP contribution in [0.15, 0.2) is 24.3 Å². The van der Waals surface area contributed by atoms with E-state index in [0.29, 0.717) is 5.92 Å². The third-order valence-corrected chi connectivity index (χ3v) is 6.32. The molecule has 0 spiro atoms. The monoisotopic (exact) mass is 364 g/mol. The molecule has 4 heteroatoms. The zero-order chi connectivity index (χ0) is 19.8. The number of ether oxygens (including phenoxy) is 1. The molecule has 0 aromatic heterocycles. The summed E-state index contributed by atoms with van der Waals surface area (Å²) in [5.41, 5.74) is -1.89. The van der Waals surface area contributed by atoms with Crippen LogP contribution >= 0.6 is 0 Å². The largest absolute Gasteiger partial charge is 0.460 e. The van der Waals surface area contributed by atoms with Gasteiger partial charge in [-0.15, -0.1) is 0 Å². The van der Waals surface area contributed by atoms with Gasteiger partial charge in [0.2, 0.25) is 0 Å². The Morgan fingerprint density at radius 3 is 2.54 bits per heavy atom. The van der Waals surface area contributed by atoms with E-state index in [1.807, 2.05) is 26.0 Å². The fourth-order valence-electron chi connectivity index (χ4n) is 5.02. The number of hydrogen-bond acceptors (Lipinski definition) is 4. The highest BCUT2D eigenvalue weighted by Crippen LogP contribution is 2.55. The molecule has 2 N–H and O–H groups in total. The molecule has 1 fully saturated rings. The fraction of sp³-hybridized carbons (Fsp3) is 0.773. The van der Waals surface area contributed by atoms with E-state index in [0.717, 1.165) is 19.3 Å². The van der Waals surface area contributed by atoms with Gasteiger partial charge in [0.25, 0.3) is 0 Å². The summed E-state index contributed by atoms with van der Waals surface area (Å²) in [6, 6.07) is 0. The van der Waals surface area contributed by atoms with Crippen LogP contribution in [-0.4, -0.2) is 33.5 Å². The molecule has 148 valence electrons. The van der Waals surface area contributed by atoms with Crippen LogP contribution in [-0.2, 0) is 9.53 Å². The maximum Gasteiger partial charge on any atom is 0.303 e. The van der Waals surface area contributed by atoms with Crippen molar-refractivity contribution in [3.63, 3.8) is 0 Å². The molecule has 0 amide bonds. The van der Waals surface area contributed by atoms with Crippen molar-refractivity contribution in [3.8, 4) is 0 Å². The lowest BCUT2D eigenvalue weighted by atomic mass is 9.68. The van der Waals surface area contributed by atoms with Crippen LogP contribution in [0.5, 0.6) is 0 Å². The van der Waals surface area contributed by atoms with E-state index in [2.05, 4.69) is 26.0 Å². The van der Waals surface area contributed by atoms with E-state index in [-0.39, 0.29) is 29.6 Å². The minimum Gasteiger partial charge on any atom is -0.460 e. The van der Waals surface area contributed by atoms with E-state index in [1.165, 1.54) is 6.92 Å². The second-order valence-electron chi connectivity index (χ2n) is 9.48. The number of rotatable bonds is 2. The number of hydrogen-bond donors (Lipinski definition) is 2. The number of carbonyl (C=O) groups is 1. The molecule has 0 bridgehead atoms. The summed E-state index contributed by atoms with van der Waals surface area (Å²) in [6.07, 6.45) is 10.6. The molecule has 2 rings (SSSR count). The maximum atomic E-state index is 11.6. The molecule has 0 aromatic carbocycles. The molecule has 0 radical (unpaired) electrons. The van der Waals surface area contributed by atoms with Crippen molar-refractivity contribution in [3.05, 3.63) is 24.3 Å². The molecule has 0 aliphatic heterocycles. The van der Waals surface area contributed by atoms with Crippen molar-refractivity contribution in [1.29, 1.82) is 0 Å². The molecule has 6 unspecified atom stereocenters. The highest BCUT2D eigenvalue weighted by atomic mass is 16.6. The first-order chi connectivity index (χ1) is 11.9. The standard InChI is InChI=1S/C22H36O4/c1-15-8-7-11-22(6,25)14-18(24)19-17(20(3,4)26-16(2)23)10-13-21(19,5)12-9-15/h7,9,11-12,15,17-19,24-25H,8,10,13-14H2,1-6H3. The van der Waals surface area contributed by atoms with Crippen molar-refractivity contribution in [2.75, 3.05) is 0 Å². The predicted molar refractivity (Wildman–Crippen MR) is 103 cm³/mol. The van der Waals surface area contributed by atoms with E-state index in [1.54, 1.807) is 6.92 Å². The molecular formula is C22H36O4. The van der Waals surface area contributed by atoms with Crippen LogP contribution in [0, 0.1) is 23.2 Å². The molecule has 2 aliphatic carbocycles. The number of aliphatic hydroxyl groups is 2. The average Bonchev–Trinajstić information content (AvgIpc) is 2.81. The van der Waals surface area contributed by atoms with Crippen LogP contribution < -0.4 is 0 Å². The molecular weight excluding hydrogens is 328 g/mol. The second-order valence-corrected chi connectivity index (χ2v) is 9.48. The molecule has 0 heterocycles. The van der Waals surface area contributed by atoms with E-state index in [4.69, 9.17) is 4.74 Å². The van der Waals surface area contributed by atoms with E-state index in [9.17, 15) is 15.0 Å². The van der Waals surface area contributed by atoms with E-state index >= 15 is 0 Å². The van der Waals surface area contributed by atoms with Gasteiger partial charge in [0.05, 0.1) is 11.7 Å². The van der Waals surface area contributed by atoms with Gasteiger partial charge in [-0.3, -0.25) is 4.79 Å². The molecule has 2 aliphatic rings. The Balaban J connectivity index is 2.44. The van der Waals surface area contributed by atoms with Gasteiger partial charge in [-0.2, -0.15) is 0 Å². The van der Waals surface area contributed by atoms with Crippen molar-refractivity contribution in [2.45, 2.75) is 84.5 Å². The molecule has 4 nitrogen and oxygen atoms in total. The SMILES string of the molecule is CC(=O)OC(C)(C)C1CCC2(C)C=CC(C)CC=CC(C)(O)CC(O)C12. The molecule has 1 saturated carbocycles. The first-order valence-electron chi connectivity index (χ1n) is 9.83. The minimum absolute atomic E-state index is 0.0342. The lowest BCUT2D eigenvalue weighted by Gasteiger charge is -2.42. The first-order valence-corrected chi connectivity index (χ1v) is 9.83. The first kappa shape index (κ1) is 21.2. The van der Waals surface area contributed by atoms with Crippen LogP contribution in [0.25, 0.3) is 0 Å². The van der Waals surface area contributed by atoms with Gasteiger partial charge < -0.3 is 14.9 Å². The van der Waals surface area contributed by atoms with Gasteiger partial charge >= 0.3 is 5.97 Å². The second kappa shape index (κ2) is 7.47. The highest BCUT2D eigenvalue weighted by Gasteiger charge is 2.54. The summed E-state index contributed by atoms with van der Waals surface area (Å²) in [6.45, 7) is 11.4. The predicted octanol–water partition coefficient (Wildman–Crippen LogP) is 4.01. The van der Waals surface area contributed by atoms with Crippen LogP contribution in [0.1, 0.15) is 67.2 Å². The number of allylic oxidation sites excluding steroid dienone is 3. The van der Waals surface area contributed by atoms with Crippen molar-refractivity contribution in [1.82, 2.24) is 0 Å². The minimum atomic E-state index is -1.05. The molecule has 6 atom stereocenters. The summed E-state index contributed by atoms with van der Waals surface area (Å²) in [7, 11) is 0. The topological polar surface area (TPSA) is 66.8 Å². The Morgan fingerprint density at radius 1 is 1.27 bits per heavy atom. The fourth-order valence-corrected chi connectivity index (χ4v) is 5.02. The van der Waals surface area contributed by atoms with Gasteiger partial charge in [0.1, 0.15) is 5.60 Å².